The first kappa shape index (κ1) is 25.5. The number of rotatable bonds is 6. The molecule has 1 aromatic carbocycles. The average Bonchev–Trinajstić information content (AvgIpc) is 3.04. The zero-order chi connectivity index (χ0) is 25.4. The molecular weight excluding hydrogens is 454 g/mol. The second-order valence-corrected chi connectivity index (χ2v) is 10.5. The van der Waals surface area contributed by atoms with Gasteiger partial charge in [-0.25, -0.2) is 0 Å². The zero-order valence-electron chi connectivity index (χ0n) is 20.4. The second kappa shape index (κ2) is 9.26. The largest absolute Gasteiger partial charge is 0.505 e. The number of carbonyl (C=O) groups excluding carboxylic acids is 2. The summed E-state index contributed by atoms with van der Waals surface area (Å²) in [6.45, 7) is 10.8. The molecule has 6 nitrogen and oxygen atoms in total. The normalized spacial score (nSPS) is 13.1. The van der Waals surface area contributed by atoms with Crippen molar-refractivity contribution in [1.82, 2.24) is 4.40 Å². The fraction of sp³-hybridized carbons (Fsp3) is 0.370. The van der Waals surface area contributed by atoms with E-state index in [-0.39, 0.29) is 30.0 Å². The van der Waals surface area contributed by atoms with E-state index in [2.05, 4.69) is 0 Å². The summed E-state index contributed by atoms with van der Waals surface area (Å²) in [5.74, 6) is -0.700. The van der Waals surface area contributed by atoms with E-state index < -0.39 is 16.8 Å². The number of esters is 1. The standard InChI is InChI=1S/C27H30ClNO5/c1-7-34-25(33)27(5,6)15-19-21(24(32)26(2,3)4)20-14-18(30)12-13-29(20)22(19)23(31)16-8-10-17(28)11-9-16/h8-14,31H,7,15H2,1-6H3. The molecule has 0 aliphatic heterocycles. The minimum Gasteiger partial charge on any atom is -0.505 e. The minimum absolute atomic E-state index is 0.0899. The van der Waals surface area contributed by atoms with E-state index in [0.717, 1.165) is 0 Å². The second-order valence-electron chi connectivity index (χ2n) is 10.0. The number of carbonyl (C=O) groups is 2. The SMILES string of the molecule is CCOC(=O)C(C)(C)Cc1c(C(=O)C(C)(C)C)c2cc(=O)ccn2c1=C(O)c1ccc(Cl)cc1. The lowest BCUT2D eigenvalue weighted by molar-refractivity contribution is -0.153. The molecule has 3 rings (SSSR count). The van der Waals surface area contributed by atoms with Gasteiger partial charge in [0.25, 0.3) is 0 Å². The molecule has 0 unspecified atom stereocenters. The Bertz CT molecular complexity index is 1360. The number of nitrogens with zero attached hydrogens (tertiary/aromatic N) is 1. The van der Waals surface area contributed by atoms with Crippen LogP contribution in [0.2, 0.25) is 5.02 Å². The summed E-state index contributed by atoms with van der Waals surface area (Å²) in [5.41, 5.74) is -0.353. The molecule has 0 atom stereocenters. The Balaban J connectivity index is 2.49. The van der Waals surface area contributed by atoms with Gasteiger partial charge < -0.3 is 14.2 Å². The number of hydrogen-bond donors (Lipinski definition) is 1. The molecule has 0 radical (unpaired) electrons. The Labute approximate surface area is 203 Å². The summed E-state index contributed by atoms with van der Waals surface area (Å²) >= 11 is 6.03. The predicted octanol–water partition coefficient (Wildman–Crippen LogP) is 4.75. The lowest BCUT2D eigenvalue weighted by Crippen LogP contribution is -2.33. The molecule has 7 heteroatoms. The van der Waals surface area contributed by atoms with Crippen LogP contribution in [0.5, 0.6) is 0 Å². The molecule has 3 aromatic rings. The van der Waals surface area contributed by atoms with Crippen LogP contribution in [-0.4, -0.2) is 27.9 Å². The molecule has 34 heavy (non-hydrogen) atoms. The van der Waals surface area contributed by atoms with Crippen LogP contribution in [0.25, 0.3) is 11.3 Å². The number of ketones is 1. The summed E-state index contributed by atoms with van der Waals surface area (Å²) in [4.78, 5) is 38.7. The average molecular weight is 484 g/mol. The smallest absolute Gasteiger partial charge is 0.311 e. The number of aromatic nitrogens is 1. The quantitative estimate of drug-likeness (QED) is 0.404. The molecule has 180 valence electrons. The lowest BCUT2D eigenvalue weighted by Gasteiger charge is -2.24. The van der Waals surface area contributed by atoms with Crippen molar-refractivity contribution in [2.75, 3.05) is 6.61 Å². The van der Waals surface area contributed by atoms with Gasteiger partial charge in [0, 0.05) is 39.9 Å². The van der Waals surface area contributed by atoms with Crippen molar-refractivity contribution >= 4 is 34.6 Å². The molecule has 0 saturated heterocycles. The molecule has 0 aliphatic rings. The Hall–Kier alpha value is -3.12. The van der Waals surface area contributed by atoms with E-state index >= 15 is 0 Å². The Kier molecular flexibility index (Phi) is 6.94. The van der Waals surface area contributed by atoms with Crippen LogP contribution in [-0.2, 0) is 16.0 Å². The molecular formula is C27H30ClNO5. The van der Waals surface area contributed by atoms with Crippen LogP contribution in [0.1, 0.15) is 63.0 Å². The van der Waals surface area contributed by atoms with Crippen molar-refractivity contribution in [3.63, 3.8) is 0 Å². The highest BCUT2D eigenvalue weighted by Gasteiger charge is 2.36. The van der Waals surface area contributed by atoms with Gasteiger partial charge >= 0.3 is 5.97 Å². The highest BCUT2D eigenvalue weighted by molar-refractivity contribution is 6.30. The molecule has 0 fully saturated rings. The van der Waals surface area contributed by atoms with E-state index in [4.69, 9.17) is 16.3 Å². The molecule has 1 N–H and O–H groups in total. The number of Topliss-reactive ketones (excluding diaryl/α,β-unsaturated/α-hetero) is 1. The van der Waals surface area contributed by atoms with Gasteiger partial charge in [0.15, 0.2) is 11.2 Å². The van der Waals surface area contributed by atoms with Crippen molar-refractivity contribution in [2.45, 2.75) is 48.0 Å². The van der Waals surface area contributed by atoms with Gasteiger partial charge in [-0.3, -0.25) is 14.4 Å². The molecule has 0 bridgehead atoms. The highest BCUT2D eigenvalue weighted by atomic mass is 35.5. The van der Waals surface area contributed by atoms with Crippen molar-refractivity contribution < 1.29 is 19.4 Å². The summed E-state index contributed by atoms with van der Waals surface area (Å²) < 4.78 is 6.91. The van der Waals surface area contributed by atoms with E-state index in [9.17, 15) is 19.5 Å². The first-order valence-corrected chi connectivity index (χ1v) is 11.5. The van der Waals surface area contributed by atoms with E-state index in [1.165, 1.54) is 12.1 Å². The Morgan fingerprint density at radius 2 is 1.68 bits per heavy atom. The fourth-order valence-electron chi connectivity index (χ4n) is 3.93. The third-order valence-corrected chi connectivity index (χ3v) is 5.96. The number of fused-ring (bicyclic) bond motifs is 1. The Morgan fingerprint density at radius 1 is 1.06 bits per heavy atom. The number of ether oxygens (including phenoxy) is 1. The van der Waals surface area contributed by atoms with Gasteiger partial charge in [-0.15, -0.1) is 0 Å². The van der Waals surface area contributed by atoms with Crippen LogP contribution in [0.15, 0.2) is 47.4 Å². The van der Waals surface area contributed by atoms with Gasteiger partial charge in [-0.2, -0.15) is 0 Å². The topological polar surface area (TPSA) is 85.1 Å². The number of halogens is 1. The first-order chi connectivity index (χ1) is 15.8. The zero-order valence-corrected chi connectivity index (χ0v) is 21.1. The summed E-state index contributed by atoms with van der Waals surface area (Å²) in [5, 5.41) is 12.3. The molecule has 0 spiro atoms. The van der Waals surface area contributed by atoms with Crippen LogP contribution in [0.3, 0.4) is 0 Å². The maximum Gasteiger partial charge on any atom is 0.311 e. The van der Waals surface area contributed by atoms with Crippen molar-refractivity contribution in [1.29, 1.82) is 0 Å². The first-order valence-electron chi connectivity index (χ1n) is 11.2. The summed E-state index contributed by atoms with van der Waals surface area (Å²) in [6, 6.07) is 9.41. The number of pyridine rings is 1. The summed E-state index contributed by atoms with van der Waals surface area (Å²) in [6.07, 6.45) is 1.66. The Morgan fingerprint density at radius 3 is 2.24 bits per heavy atom. The van der Waals surface area contributed by atoms with Crippen molar-refractivity contribution in [3.05, 3.63) is 79.9 Å². The minimum atomic E-state index is -0.997. The summed E-state index contributed by atoms with van der Waals surface area (Å²) in [7, 11) is 0. The number of aliphatic hydroxyl groups excluding tert-OH is 1. The van der Waals surface area contributed by atoms with Crippen LogP contribution >= 0.6 is 11.6 Å². The van der Waals surface area contributed by atoms with E-state index in [1.54, 1.807) is 76.4 Å². The molecule has 0 amide bonds. The fourth-order valence-corrected chi connectivity index (χ4v) is 4.06. The number of benzene rings is 1. The van der Waals surface area contributed by atoms with Crippen LogP contribution < -0.4 is 10.8 Å². The predicted molar refractivity (Wildman–Crippen MR) is 133 cm³/mol. The van der Waals surface area contributed by atoms with Gasteiger partial charge in [0.2, 0.25) is 0 Å². The molecule has 0 aliphatic carbocycles. The van der Waals surface area contributed by atoms with E-state index in [0.29, 0.717) is 32.6 Å². The molecule has 2 aromatic heterocycles. The van der Waals surface area contributed by atoms with Gasteiger partial charge in [-0.05, 0) is 57.0 Å². The van der Waals surface area contributed by atoms with Gasteiger partial charge in [-0.1, -0.05) is 32.4 Å². The highest BCUT2D eigenvalue weighted by Crippen LogP contribution is 2.31. The van der Waals surface area contributed by atoms with Crippen LogP contribution in [0.4, 0.5) is 0 Å². The lowest BCUT2D eigenvalue weighted by atomic mass is 9.80. The third kappa shape index (κ3) is 4.87. The maximum absolute atomic E-state index is 13.7. The molecule has 2 heterocycles. The van der Waals surface area contributed by atoms with Crippen molar-refractivity contribution in [2.24, 2.45) is 10.8 Å². The number of aliphatic hydroxyl groups is 1. The van der Waals surface area contributed by atoms with Crippen LogP contribution in [0, 0.1) is 10.8 Å². The maximum atomic E-state index is 13.7. The van der Waals surface area contributed by atoms with E-state index in [1.807, 2.05) is 0 Å². The molecule has 0 saturated carbocycles. The van der Waals surface area contributed by atoms with Gasteiger partial charge in [0.05, 0.1) is 22.9 Å². The van der Waals surface area contributed by atoms with Gasteiger partial charge in [0.1, 0.15) is 5.76 Å². The number of hydrogen-bond acceptors (Lipinski definition) is 5. The third-order valence-electron chi connectivity index (χ3n) is 5.71. The van der Waals surface area contributed by atoms with Crippen molar-refractivity contribution in [3.8, 4) is 0 Å². The monoisotopic (exact) mass is 483 g/mol.